The summed E-state index contributed by atoms with van der Waals surface area (Å²) in [6.45, 7) is 3.14. The molecule has 9 nitrogen and oxygen atoms in total. The lowest BCUT2D eigenvalue weighted by Crippen LogP contribution is -2.58. The van der Waals surface area contributed by atoms with E-state index in [1.807, 2.05) is 36.4 Å². The van der Waals surface area contributed by atoms with E-state index in [1.54, 1.807) is 43.3 Å². The number of halogens is 4. The van der Waals surface area contributed by atoms with Gasteiger partial charge >= 0.3 is 6.18 Å². The van der Waals surface area contributed by atoms with E-state index in [0.717, 1.165) is 11.6 Å². The largest absolute Gasteiger partial charge is 0.433 e. The summed E-state index contributed by atoms with van der Waals surface area (Å²) >= 11 is 6.21. The molecule has 2 atom stereocenters. The Bertz CT molecular complexity index is 1920. The Balaban J connectivity index is 1.62. The second-order valence-corrected chi connectivity index (χ2v) is 11.4. The third-order valence-electron chi connectivity index (χ3n) is 7.66. The minimum absolute atomic E-state index is 0.0550. The molecule has 1 unspecified atom stereocenters. The van der Waals surface area contributed by atoms with E-state index in [-0.39, 0.29) is 29.9 Å². The Labute approximate surface area is 279 Å². The number of hydrogen-bond donors (Lipinski definition) is 2. The molecule has 244 valence electrons. The SMILES string of the molecule is Cc1nc(C(F)(F)F)ccc1CC1(NNC(=O)[C@@H](C)OCc2ccccc2)N=NC(=O)C(c2ccc(C#N)cc2)=C1c1ccc(Cl)cc1. The fourth-order valence-corrected chi connectivity index (χ4v) is 5.25. The molecule has 2 heterocycles. The van der Waals surface area contributed by atoms with Gasteiger partial charge in [0.05, 0.1) is 23.8 Å². The van der Waals surface area contributed by atoms with Crippen LogP contribution in [0.2, 0.25) is 5.02 Å². The van der Waals surface area contributed by atoms with Crippen LogP contribution in [0.3, 0.4) is 0 Å². The molecule has 0 spiro atoms. The fraction of sp³-hybridized carbons (Fsp3) is 0.200. The number of azo groups is 1. The van der Waals surface area contributed by atoms with Gasteiger partial charge in [-0.05, 0) is 66.4 Å². The zero-order valence-electron chi connectivity index (χ0n) is 25.7. The molecule has 1 aromatic heterocycles. The van der Waals surface area contributed by atoms with Crippen molar-refractivity contribution >= 4 is 34.6 Å². The van der Waals surface area contributed by atoms with Gasteiger partial charge in [-0.2, -0.15) is 23.5 Å². The van der Waals surface area contributed by atoms with E-state index in [1.165, 1.54) is 25.1 Å². The van der Waals surface area contributed by atoms with Crippen molar-refractivity contribution in [3.63, 3.8) is 0 Å². The van der Waals surface area contributed by atoms with Crippen molar-refractivity contribution in [3.05, 3.63) is 135 Å². The standard InChI is InChI=1S/C35H28ClF3N6O3/c1-21-27(14-17-29(41-21)35(37,38)39)18-34(44-42-32(46)22(2)48-20-24-6-4-3-5-7-24)31(26-12-15-28(36)16-13-26)30(33(47)43-45-34)25-10-8-23(19-40)9-11-25/h3-17,22,44H,18,20H2,1-2H3,(H,42,46)/t22-,34?/m1/s1. The number of aryl methyl sites for hydroxylation is 1. The van der Waals surface area contributed by atoms with Crippen LogP contribution in [0.25, 0.3) is 11.1 Å². The van der Waals surface area contributed by atoms with Crippen LogP contribution in [0.4, 0.5) is 13.2 Å². The molecule has 1 aliphatic heterocycles. The summed E-state index contributed by atoms with van der Waals surface area (Å²) in [5.74, 6) is -1.30. The summed E-state index contributed by atoms with van der Waals surface area (Å²) in [7, 11) is 0. The number of nitrogens with zero attached hydrogens (tertiary/aromatic N) is 4. The molecule has 0 fully saturated rings. The van der Waals surface area contributed by atoms with Crippen LogP contribution in [0, 0.1) is 18.3 Å². The van der Waals surface area contributed by atoms with Crippen LogP contribution < -0.4 is 10.9 Å². The van der Waals surface area contributed by atoms with Crippen LogP contribution in [0.15, 0.2) is 101 Å². The van der Waals surface area contributed by atoms with Gasteiger partial charge in [0.1, 0.15) is 11.8 Å². The molecular formula is C35H28ClF3N6O3. The van der Waals surface area contributed by atoms with Gasteiger partial charge in [0.2, 0.25) is 0 Å². The first kappa shape index (κ1) is 34.1. The quantitative estimate of drug-likeness (QED) is 0.175. The molecular weight excluding hydrogens is 645 g/mol. The van der Waals surface area contributed by atoms with Crippen molar-refractivity contribution in [2.24, 2.45) is 10.2 Å². The van der Waals surface area contributed by atoms with E-state index in [4.69, 9.17) is 16.3 Å². The lowest BCUT2D eigenvalue weighted by atomic mass is 9.81. The number of carbonyl (C=O) groups excluding carboxylic acids is 2. The number of ether oxygens (including phenoxy) is 1. The summed E-state index contributed by atoms with van der Waals surface area (Å²) in [6.07, 6.45) is -5.82. The van der Waals surface area contributed by atoms with Gasteiger partial charge in [0, 0.05) is 22.7 Å². The van der Waals surface area contributed by atoms with E-state index in [9.17, 15) is 28.0 Å². The smallest absolute Gasteiger partial charge is 0.364 e. The van der Waals surface area contributed by atoms with Crippen LogP contribution in [-0.4, -0.2) is 28.6 Å². The van der Waals surface area contributed by atoms with Crippen molar-refractivity contribution in [1.29, 1.82) is 5.26 Å². The predicted molar refractivity (Wildman–Crippen MR) is 172 cm³/mol. The summed E-state index contributed by atoms with van der Waals surface area (Å²) in [5, 5.41) is 18.1. The number of amides is 2. The molecule has 5 rings (SSSR count). The van der Waals surface area contributed by atoms with Crippen LogP contribution >= 0.6 is 11.6 Å². The molecule has 13 heteroatoms. The molecule has 2 amide bonds. The monoisotopic (exact) mass is 672 g/mol. The maximum absolute atomic E-state index is 13.5. The third kappa shape index (κ3) is 7.66. The zero-order chi connectivity index (χ0) is 34.5. The van der Waals surface area contributed by atoms with Crippen LogP contribution in [-0.2, 0) is 33.5 Å². The molecule has 0 saturated heterocycles. The lowest BCUT2D eigenvalue weighted by molar-refractivity contribution is -0.141. The van der Waals surface area contributed by atoms with Gasteiger partial charge in [-0.3, -0.25) is 15.0 Å². The minimum atomic E-state index is -4.67. The highest BCUT2D eigenvalue weighted by Gasteiger charge is 2.44. The molecule has 1 aliphatic rings. The Morgan fingerprint density at radius 1 is 1.00 bits per heavy atom. The summed E-state index contributed by atoms with van der Waals surface area (Å²) < 4.78 is 46.3. The molecule has 4 aromatic rings. The van der Waals surface area contributed by atoms with Crippen molar-refractivity contribution < 1.29 is 27.5 Å². The maximum Gasteiger partial charge on any atom is 0.433 e. The normalized spacial score (nSPS) is 16.8. The van der Waals surface area contributed by atoms with Gasteiger partial charge in [-0.25, -0.2) is 10.4 Å². The number of aromatic nitrogens is 1. The topological polar surface area (TPSA) is 129 Å². The fourth-order valence-electron chi connectivity index (χ4n) is 5.13. The number of nitrogens with one attached hydrogen (secondary N) is 2. The number of nitriles is 1. The van der Waals surface area contributed by atoms with Gasteiger partial charge < -0.3 is 4.74 Å². The van der Waals surface area contributed by atoms with E-state index in [0.29, 0.717) is 27.3 Å². The van der Waals surface area contributed by atoms with Crippen molar-refractivity contribution in [3.8, 4) is 6.07 Å². The predicted octanol–water partition coefficient (Wildman–Crippen LogP) is 7.00. The number of alkyl halides is 3. The van der Waals surface area contributed by atoms with Gasteiger partial charge in [-0.1, -0.05) is 72.3 Å². The summed E-state index contributed by atoms with van der Waals surface area (Å²) in [4.78, 5) is 30.7. The zero-order valence-corrected chi connectivity index (χ0v) is 26.4. The first-order valence-electron chi connectivity index (χ1n) is 14.6. The van der Waals surface area contributed by atoms with Crippen molar-refractivity contribution in [2.75, 3.05) is 0 Å². The third-order valence-corrected chi connectivity index (χ3v) is 7.91. The highest BCUT2D eigenvalue weighted by atomic mass is 35.5. The van der Waals surface area contributed by atoms with Crippen LogP contribution in [0.5, 0.6) is 0 Å². The maximum atomic E-state index is 13.5. The average Bonchev–Trinajstić information content (AvgIpc) is 3.08. The molecule has 48 heavy (non-hydrogen) atoms. The van der Waals surface area contributed by atoms with Crippen LogP contribution in [0.1, 0.15) is 46.1 Å². The van der Waals surface area contributed by atoms with Crippen molar-refractivity contribution in [1.82, 2.24) is 15.8 Å². The average molecular weight is 673 g/mol. The molecule has 0 saturated carbocycles. The summed E-state index contributed by atoms with van der Waals surface area (Å²) in [5.41, 5.74) is 5.54. The minimum Gasteiger partial charge on any atom is -0.364 e. The van der Waals surface area contributed by atoms with Gasteiger partial charge in [0.15, 0.2) is 5.66 Å². The Morgan fingerprint density at radius 3 is 2.29 bits per heavy atom. The van der Waals surface area contributed by atoms with E-state index < -0.39 is 35.5 Å². The Hall–Kier alpha value is -5.22. The highest BCUT2D eigenvalue weighted by molar-refractivity contribution is 6.31. The molecule has 0 bridgehead atoms. The second kappa shape index (κ2) is 14.3. The van der Waals surface area contributed by atoms with Gasteiger partial charge in [-0.15, -0.1) is 5.11 Å². The molecule has 0 aliphatic carbocycles. The number of rotatable bonds is 10. The van der Waals surface area contributed by atoms with Crippen molar-refractivity contribution in [2.45, 2.75) is 44.8 Å². The highest BCUT2D eigenvalue weighted by Crippen LogP contribution is 2.42. The first-order valence-corrected chi connectivity index (χ1v) is 15.0. The molecule has 2 N–H and O–H groups in total. The first-order chi connectivity index (χ1) is 22.9. The Kier molecular flexibility index (Phi) is 10.1. The number of pyridine rings is 1. The molecule has 0 radical (unpaired) electrons. The lowest BCUT2D eigenvalue weighted by Gasteiger charge is -2.37. The second-order valence-electron chi connectivity index (χ2n) is 11.0. The van der Waals surface area contributed by atoms with Gasteiger partial charge in [0.25, 0.3) is 11.8 Å². The van der Waals surface area contributed by atoms with E-state index >= 15 is 0 Å². The van der Waals surface area contributed by atoms with E-state index in [2.05, 4.69) is 26.1 Å². The number of carbonyl (C=O) groups is 2. The Morgan fingerprint density at radius 2 is 1.67 bits per heavy atom. The number of benzene rings is 3. The molecule has 3 aromatic carbocycles. The number of hydrogen-bond acceptors (Lipinski definition) is 7. The summed E-state index contributed by atoms with van der Waals surface area (Å²) in [6, 6.07) is 26.2. The number of hydrazine groups is 1.